The van der Waals surface area contributed by atoms with Gasteiger partial charge in [0, 0.05) is 24.2 Å². The van der Waals surface area contributed by atoms with Crippen molar-refractivity contribution in [3.8, 4) is 0 Å². The van der Waals surface area contributed by atoms with E-state index in [4.69, 9.17) is 0 Å². The Morgan fingerprint density at radius 2 is 2.00 bits per heavy atom. The van der Waals surface area contributed by atoms with Gasteiger partial charge in [-0.25, -0.2) is 13.4 Å². The summed E-state index contributed by atoms with van der Waals surface area (Å²) >= 11 is 1.25. The molecule has 1 heterocycles. The van der Waals surface area contributed by atoms with Gasteiger partial charge in [0.1, 0.15) is 0 Å². The topological polar surface area (TPSA) is 71.1 Å². The molecule has 1 aliphatic carbocycles. The lowest BCUT2D eigenvalue weighted by Gasteiger charge is -2.07. The second kappa shape index (κ2) is 5.51. The van der Waals surface area contributed by atoms with Crippen LogP contribution < -0.4 is 10.0 Å². The van der Waals surface area contributed by atoms with Crippen LogP contribution >= 0.6 is 11.3 Å². The molecule has 0 amide bonds. The number of nitrogens with zero attached hydrogens (tertiary/aromatic N) is 1. The van der Waals surface area contributed by atoms with Gasteiger partial charge in [-0.15, -0.1) is 11.3 Å². The zero-order chi connectivity index (χ0) is 14.0. The third-order valence-electron chi connectivity index (χ3n) is 3.06. The van der Waals surface area contributed by atoms with Gasteiger partial charge in [0.15, 0.2) is 5.13 Å². The molecule has 2 aromatic rings. The highest BCUT2D eigenvalue weighted by molar-refractivity contribution is 7.93. The molecule has 1 aromatic heterocycles. The van der Waals surface area contributed by atoms with Crippen LogP contribution in [0.5, 0.6) is 0 Å². The number of aromatic nitrogens is 1. The number of rotatable bonds is 6. The van der Waals surface area contributed by atoms with E-state index in [9.17, 15) is 8.42 Å². The summed E-state index contributed by atoms with van der Waals surface area (Å²) in [5.74, 6) is 0. The zero-order valence-electron chi connectivity index (χ0n) is 10.7. The summed E-state index contributed by atoms with van der Waals surface area (Å²) in [6.45, 7) is 0.783. The van der Waals surface area contributed by atoms with E-state index in [1.807, 2.05) is 12.1 Å². The van der Waals surface area contributed by atoms with E-state index in [0.717, 1.165) is 12.1 Å². The highest BCUT2D eigenvalue weighted by Crippen LogP contribution is 2.20. The number of hydrogen-bond donors (Lipinski definition) is 2. The third kappa shape index (κ3) is 3.36. The Labute approximate surface area is 122 Å². The van der Waals surface area contributed by atoms with Crippen molar-refractivity contribution in [2.24, 2.45) is 0 Å². The summed E-state index contributed by atoms with van der Waals surface area (Å²) in [5, 5.41) is 5.50. The summed E-state index contributed by atoms with van der Waals surface area (Å²) in [5.41, 5.74) is 1.09. The quantitative estimate of drug-likeness (QED) is 0.858. The maximum atomic E-state index is 12.1. The molecule has 5 nitrogen and oxygen atoms in total. The van der Waals surface area contributed by atoms with Gasteiger partial charge in [-0.2, -0.15) is 0 Å². The van der Waals surface area contributed by atoms with Crippen LogP contribution in [0.3, 0.4) is 0 Å². The number of sulfonamides is 1. The van der Waals surface area contributed by atoms with Crippen LogP contribution in [0, 0.1) is 0 Å². The molecule has 0 radical (unpaired) electrons. The summed E-state index contributed by atoms with van der Waals surface area (Å²) in [6.07, 6.45) is 4.05. The summed E-state index contributed by atoms with van der Waals surface area (Å²) < 4.78 is 26.7. The van der Waals surface area contributed by atoms with Crippen molar-refractivity contribution < 1.29 is 8.42 Å². The highest BCUT2D eigenvalue weighted by Gasteiger charge is 2.20. The molecule has 2 N–H and O–H groups in total. The molecule has 0 aliphatic heterocycles. The molecule has 20 heavy (non-hydrogen) atoms. The molecule has 0 bridgehead atoms. The molecule has 3 rings (SSSR count). The normalized spacial score (nSPS) is 15.2. The van der Waals surface area contributed by atoms with Gasteiger partial charge < -0.3 is 5.32 Å². The fraction of sp³-hybridized carbons (Fsp3) is 0.308. The van der Waals surface area contributed by atoms with E-state index in [2.05, 4.69) is 15.0 Å². The first-order valence-corrected chi connectivity index (χ1v) is 8.74. The van der Waals surface area contributed by atoms with Gasteiger partial charge in [-0.1, -0.05) is 12.1 Å². The number of thiazole rings is 1. The van der Waals surface area contributed by atoms with Crippen molar-refractivity contribution in [2.45, 2.75) is 30.3 Å². The van der Waals surface area contributed by atoms with Crippen LogP contribution in [0.1, 0.15) is 18.4 Å². The van der Waals surface area contributed by atoms with E-state index in [-0.39, 0.29) is 4.90 Å². The second-order valence-electron chi connectivity index (χ2n) is 4.74. The minimum absolute atomic E-state index is 0.253. The molecule has 106 valence electrons. The highest BCUT2D eigenvalue weighted by atomic mass is 32.2. The largest absolute Gasteiger partial charge is 0.310 e. The Kier molecular flexibility index (Phi) is 3.73. The number of nitrogens with one attached hydrogen (secondary N) is 2. The molecule has 7 heteroatoms. The summed E-state index contributed by atoms with van der Waals surface area (Å²) in [6, 6.07) is 7.57. The molecule has 0 saturated heterocycles. The average molecular weight is 309 g/mol. The van der Waals surface area contributed by atoms with Gasteiger partial charge in [-0.3, -0.25) is 4.72 Å². The van der Waals surface area contributed by atoms with Crippen LogP contribution in [0.4, 0.5) is 5.13 Å². The first kappa shape index (κ1) is 13.5. The first-order chi connectivity index (χ1) is 9.63. The molecule has 1 saturated carbocycles. The standard InChI is InChI=1S/C13H15N3O2S2/c17-20(18,16-13-14-7-8-19-13)12-5-1-10(2-6-12)9-15-11-3-4-11/h1-2,5-8,11,15H,3-4,9H2,(H,14,16). The average Bonchev–Trinajstić information content (AvgIpc) is 3.14. The predicted molar refractivity (Wildman–Crippen MR) is 79.2 cm³/mol. The van der Waals surface area contributed by atoms with Gasteiger partial charge in [0.2, 0.25) is 0 Å². The van der Waals surface area contributed by atoms with Crippen LogP contribution in [-0.2, 0) is 16.6 Å². The minimum Gasteiger partial charge on any atom is -0.310 e. The zero-order valence-corrected chi connectivity index (χ0v) is 12.4. The van der Waals surface area contributed by atoms with Crippen molar-refractivity contribution in [1.82, 2.24) is 10.3 Å². The Balaban J connectivity index is 1.69. The lowest BCUT2D eigenvalue weighted by atomic mass is 10.2. The van der Waals surface area contributed by atoms with Gasteiger partial charge in [0.05, 0.1) is 4.90 Å². The monoisotopic (exact) mass is 309 g/mol. The molecule has 0 unspecified atom stereocenters. The van der Waals surface area contributed by atoms with Crippen molar-refractivity contribution in [2.75, 3.05) is 4.72 Å². The number of benzene rings is 1. The van der Waals surface area contributed by atoms with Gasteiger partial charge in [-0.05, 0) is 30.5 Å². The van der Waals surface area contributed by atoms with E-state index in [0.29, 0.717) is 11.2 Å². The lowest BCUT2D eigenvalue weighted by Crippen LogP contribution is -2.16. The summed E-state index contributed by atoms with van der Waals surface area (Å²) in [7, 11) is -3.54. The molecule has 0 spiro atoms. The van der Waals surface area contributed by atoms with Crippen LogP contribution in [0.2, 0.25) is 0 Å². The Morgan fingerprint density at radius 3 is 2.60 bits per heavy atom. The minimum atomic E-state index is -3.54. The maximum Gasteiger partial charge on any atom is 0.263 e. The molecule has 0 atom stereocenters. The van der Waals surface area contributed by atoms with Crippen LogP contribution in [0.15, 0.2) is 40.7 Å². The number of anilines is 1. The fourth-order valence-corrected chi connectivity index (χ4v) is 3.57. The van der Waals surface area contributed by atoms with E-state index in [1.165, 1.54) is 24.2 Å². The second-order valence-corrected chi connectivity index (χ2v) is 7.32. The molecule has 1 aromatic carbocycles. The summed E-state index contributed by atoms with van der Waals surface area (Å²) in [4.78, 5) is 4.17. The Hall–Kier alpha value is -1.44. The Morgan fingerprint density at radius 1 is 1.25 bits per heavy atom. The third-order valence-corrected chi connectivity index (χ3v) is 5.23. The van der Waals surface area contributed by atoms with Gasteiger partial charge in [0.25, 0.3) is 10.0 Å². The lowest BCUT2D eigenvalue weighted by molar-refractivity contribution is 0.601. The molecule has 1 fully saturated rings. The van der Waals surface area contributed by atoms with Crippen LogP contribution in [-0.4, -0.2) is 19.4 Å². The first-order valence-electron chi connectivity index (χ1n) is 6.38. The smallest absolute Gasteiger partial charge is 0.263 e. The fourth-order valence-electron chi connectivity index (χ4n) is 1.78. The molecule has 1 aliphatic rings. The van der Waals surface area contributed by atoms with Crippen LogP contribution in [0.25, 0.3) is 0 Å². The van der Waals surface area contributed by atoms with Crippen molar-refractivity contribution in [3.63, 3.8) is 0 Å². The SMILES string of the molecule is O=S(=O)(Nc1nccs1)c1ccc(CNC2CC2)cc1. The number of hydrogen-bond acceptors (Lipinski definition) is 5. The van der Waals surface area contributed by atoms with Crippen molar-refractivity contribution in [3.05, 3.63) is 41.4 Å². The predicted octanol–water partition coefficient (Wildman–Crippen LogP) is 2.20. The molecular formula is C13H15N3O2S2. The Bertz CT molecular complexity index is 662. The maximum absolute atomic E-state index is 12.1. The van der Waals surface area contributed by atoms with Crippen molar-refractivity contribution in [1.29, 1.82) is 0 Å². The van der Waals surface area contributed by atoms with E-state index in [1.54, 1.807) is 23.7 Å². The van der Waals surface area contributed by atoms with Gasteiger partial charge >= 0.3 is 0 Å². The molecular weight excluding hydrogens is 294 g/mol. The van der Waals surface area contributed by atoms with E-state index < -0.39 is 10.0 Å². The van der Waals surface area contributed by atoms with E-state index >= 15 is 0 Å². The van der Waals surface area contributed by atoms with Crippen molar-refractivity contribution >= 4 is 26.5 Å².